The number of esters is 2. The Balaban J connectivity index is 0.960. The molecular weight excluding hydrogens is 1040 g/mol. The normalized spacial score (nSPS) is 49.5. The van der Waals surface area contributed by atoms with E-state index in [4.69, 9.17) is 42.6 Å². The zero-order valence-electron chi connectivity index (χ0n) is 42.9. The number of hydrogen-bond acceptors (Lipinski definition) is 26. The highest BCUT2D eigenvalue weighted by Gasteiger charge is 2.58. The van der Waals surface area contributed by atoms with Crippen LogP contribution in [0.15, 0.2) is 24.3 Å². The van der Waals surface area contributed by atoms with Crippen molar-refractivity contribution >= 4 is 11.9 Å². The van der Waals surface area contributed by atoms with Crippen LogP contribution in [0.2, 0.25) is 0 Å². The van der Waals surface area contributed by atoms with Crippen LogP contribution in [0.3, 0.4) is 0 Å². The smallest absolute Gasteiger partial charge is 0.330 e. The maximum atomic E-state index is 12.7. The van der Waals surface area contributed by atoms with Crippen molar-refractivity contribution < 1.29 is 134 Å². The van der Waals surface area contributed by atoms with Gasteiger partial charge in [-0.3, -0.25) is 0 Å². The molecule has 4 saturated heterocycles. The van der Waals surface area contributed by atoms with Gasteiger partial charge in [0.05, 0.1) is 55.3 Å². The Morgan fingerprint density at radius 1 is 0.449 bits per heavy atom. The summed E-state index contributed by atoms with van der Waals surface area (Å²) >= 11 is 0. The van der Waals surface area contributed by atoms with Crippen molar-refractivity contribution in [1.82, 2.24) is 0 Å². The molecule has 28 atom stereocenters. The number of allylic oxidation sites excluding steroid dienone is 2. The SMILES string of the molecule is O=C(C=CC1CCC(O)CC1)OCC1OC(OC2CC(C3[OH+]C4CC(O)CC(OC5OC(COC(=O)C=CC6CCC(O)C(O)C6)C(O)C(O)C5O)C4CC3OC3OC(CO)C(O)C(O)C3O)CC(O)C2O)C(O)C(O)C1O. The van der Waals surface area contributed by atoms with Gasteiger partial charge in [0.1, 0.15) is 98.7 Å². The summed E-state index contributed by atoms with van der Waals surface area (Å²) in [5.41, 5.74) is 0. The number of aliphatic hydroxyl groups is 18. The first-order valence-electron chi connectivity index (χ1n) is 27.2. The fourth-order valence-electron chi connectivity index (χ4n) is 12.3. The summed E-state index contributed by atoms with van der Waals surface area (Å²) in [6.45, 7) is -1.98. The highest BCUT2D eigenvalue weighted by atomic mass is 16.7. The summed E-state index contributed by atoms with van der Waals surface area (Å²) in [4.78, 5) is 25.4. The lowest BCUT2D eigenvalue weighted by Gasteiger charge is -2.50. The minimum atomic E-state index is -1.91. The van der Waals surface area contributed by atoms with E-state index in [0.717, 1.165) is 6.08 Å². The highest BCUT2D eigenvalue weighted by molar-refractivity contribution is 5.82. The number of hydrogen-bond donors (Lipinski definition) is 16. The molecule has 0 aromatic rings. The Bertz CT molecular complexity index is 1970. The van der Waals surface area contributed by atoms with E-state index in [2.05, 4.69) is 0 Å². The molecule has 8 aliphatic rings. The third-order valence-corrected chi connectivity index (χ3v) is 17.0. The number of rotatable bonds is 16. The zero-order chi connectivity index (χ0) is 56.3. The molecule has 28 unspecified atom stereocenters. The maximum absolute atomic E-state index is 12.7. The third kappa shape index (κ3) is 14.6. The van der Waals surface area contributed by atoms with E-state index in [1.807, 2.05) is 0 Å². The van der Waals surface area contributed by atoms with Gasteiger partial charge in [0, 0.05) is 30.9 Å². The lowest BCUT2D eigenvalue weighted by Crippen LogP contribution is -2.65. The third-order valence-electron chi connectivity index (χ3n) is 17.0. The second-order valence-corrected chi connectivity index (χ2v) is 22.5. The van der Waals surface area contributed by atoms with Crippen molar-refractivity contribution in [2.75, 3.05) is 19.8 Å². The van der Waals surface area contributed by atoms with Crippen LogP contribution in [-0.2, 0) is 47.5 Å². The molecule has 0 aromatic heterocycles. The molecule has 0 radical (unpaired) electrons. The first-order valence-corrected chi connectivity index (χ1v) is 27.2. The summed E-state index contributed by atoms with van der Waals surface area (Å²) in [5.74, 6) is -3.32. The van der Waals surface area contributed by atoms with Crippen LogP contribution >= 0.6 is 0 Å². The first kappa shape index (κ1) is 61.6. The molecule has 4 aliphatic heterocycles. The fraction of sp³-hybridized carbons (Fsp3) is 0.882. The Morgan fingerprint density at radius 3 is 1.50 bits per heavy atom. The molecule has 8 fully saturated rings. The second-order valence-electron chi connectivity index (χ2n) is 22.5. The van der Waals surface area contributed by atoms with Gasteiger partial charge >= 0.3 is 11.9 Å². The Labute approximate surface area is 449 Å². The minimum absolute atomic E-state index is 0.0440. The summed E-state index contributed by atoms with van der Waals surface area (Å²) in [6.07, 6.45) is -29.1. The predicted octanol–water partition coefficient (Wildman–Crippen LogP) is -6.60. The monoisotopic (exact) mass is 1130 g/mol. The van der Waals surface area contributed by atoms with E-state index in [-0.39, 0.29) is 50.4 Å². The van der Waals surface area contributed by atoms with Gasteiger partial charge in [0.25, 0.3) is 0 Å². The molecule has 27 heteroatoms. The minimum Gasteiger partial charge on any atom is -0.460 e. The Morgan fingerprint density at radius 2 is 0.949 bits per heavy atom. The molecule has 4 heterocycles. The molecule has 27 nitrogen and oxygen atoms in total. The van der Waals surface area contributed by atoms with Gasteiger partial charge in [-0.15, -0.1) is 0 Å². The maximum Gasteiger partial charge on any atom is 0.330 e. The van der Waals surface area contributed by atoms with E-state index in [1.165, 1.54) is 12.2 Å². The summed E-state index contributed by atoms with van der Waals surface area (Å²) < 4.78 is 52.0. The topological polar surface area (TPSA) is 444 Å². The van der Waals surface area contributed by atoms with Crippen LogP contribution in [0.4, 0.5) is 0 Å². The van der Waals surface area contributed by atoms with Crippen LogP contribution in [0.5, 0.6) is 0 Å². The van der Waals surface area contributed by atoms with Crippen molar-refractivity contribution in [3.8, 4) is 0 Å². The average molecular weight is 1130 g/mol. The summed E-state index contributed by atoms with van der Waals surface area (Å²) in [6, 6.07) is 0. The Kier molecular flexibility index (Phi) is 21.5. The quantitative estimate of drug-likeness (QED) is 0.0388. The number of ether oxygens (including phenoxy) is 9. The standard InChI is InChI=1S/C51H80O27/c52-17-33-39(61)42(64)45(67)51(76-33)75-32-16-25-29(14-24(54)15-30(25)73-49-46(68)43(65)40(62)34(77-49)18-71-37(59)10-5-21-3-8-26(55)27(56)11-21)72-48(32)22-12-28(57)38(60)31(13-22)74-50-47(69)44(66)41(63)35(78-50)19-70-36(58)9-4-20-1-6-23(53)7-2-20/h4-5,9-10,20-35,38-57,60-69H,1-3,6-8,11-19H2/p+1. The van der Waals surface area contributed by atoms with E-state index >= 15 is 0 Å². The number of aliphatic hydroxyl groups excluding tert-OH is 16. The molecule has 17 N–H and O–H groups in total. The zero-order valence-corrected chi connectivity index (χ0v) is 42.9. The molecule has 446 valence electrons. The fourth-order valence-corrected chi connectivity index (χ4v) is 12.3. The largest absolute Gasteiger partial charge is 0.460 e. The predicted molar refractivity (Wildman–Crippen MR) is 257 cm³/mol. The Hall–Kier alpha value is -2.50. The summed E-state index contributed by atoms with van der Waals surface area (Å²) in [7, 11) is 0. The number of carbonyl (C=O) groups excluding carboxylic acids is 2. The van der Waals surface area contributed by atoms with E-state index < -0.39 is 203 Å². The van der Waals surface area contributed by atoms with Crippen molar-refractivity contribution in [2.45, 2.75) is 236 Å². The van der Waals surface area contributed by atoms with Crippen molar-refractivity contribution in [3.63, 3.8) is 0 Å². The van der Waals surface area contributed by atoms with Gasteiger partial charge in [0.15, 0.2) is 31.1 Å². The van der Waals surface area contributed by atoms with Crippen LogP contribution < -0.4 is 0 Å². The van der Waals surface area contributed by atoms with Crippen LogP contribution in [0, 0.1) is 23.7 Å². The van der Waals surface area contributed by atoms with Gasteiger partial charge < -0.3 is 124 Å². The molecule has 4 aliphatic carbocycles. The van der Waals surface area contributed by atoms with Crippen LogP contribution in [0.25, 0.3) is 0 Å². The molecule has 8 rings (SSSR count). The highest BCUT2D eigenvalue weighted by Crippen LogP contribution is 2.45. The molecule has 78 heavy (non-hydrogen) atoms. The van der Waals surface area contributed by atoms with Crippen molar-refractivity contribution in [2.24, 2.45) is 23.7 Å². The first-order chi connectivity index (χ1) is 37.1. The molecule has 0 bridgehead atoms. The summed E-state index contributed by atoms with van der Waals surface area (Å²) in [5, 5.41) is 172. The number of fused-ring (bicyclic) bond motifs is 1. The van der Waals surface area contributed by atoms with E-state index in [0.29, 0.717) is 38.5 Å². The molecule has 0 spiro atoms. The van der Waals surface area contributed by atoms with E-state index in [9.17, 15) is 91.3 Å². The number of carbonyl (C=O) groups is 2. The average Bonchev–Trinajstić information content (AvgIpc) is 3.41. The van der Waals surface area contributed by atoms with E-state index in [1.54, 1.807) is 6.08 Å². The van der Waals surface area contributed by atoms with Gasteiger partial charge in [-0.1, -0.05) is 12.2 Å². The van der Waals surface area contributed by atoms with Crippen LogP contribution in [-0.4, -0.2) is 277 Å². The van der Waals surface area contributed by atoms with Crippen molar-refractivity contribution in [3.05, 3.63) is 24.3 Å². The molecular formula is C51H81O27+. The van der Waals surface area contributed by atoms with Gasteiger partial charge in [-0.05, 0) is 76.0 Å². The lowest BCUT2D eigenvalue weighted by molar-refractivity contribution is -0.370. The van der Waals surface area contributed by atoms with Crippen molar-refractivity contribution in [1.29, 1.82) is 0 Å². The molecule has 0 amide bonds. The molecule has 0 aromatic carbocycles. The second kappa shape index (κ2) is 27.3. The molecule has 4 saturated carbocycles. The van der Waals surface area contributed by atoms with Crippen LogP contribution in [0.1, 0.15) is 77.0 Å². The van der Waals surface area contributed by atoms with Gasteiger partial charge in [-0.25, -0.2) is 9.59 Å². The van der Waals surface area contributed by atoms with Gasteiger partial charge in [-0.2, -0.15) is 0 Å². The van der Waals surface area contributed by atoms with Gasteiger partial charge in [0.2, 0.25) is 0 Å². The lowest BCUT2D eigenvalue weighted by atomic mass is 9.72.